The van der Waals surface area contributed by atoms with Crippen molar-refractivity contribution in [3.05, 3.63) is 60.2 Å². The first-order chi connectivity index (χ1) is 12.4. The maximum atomic E-state index is 11.8. The third-order valence-corrected chi connectivity index (χ3v) is 3.58. The minimum Gasteiger partial charge on any atom is -0.493 e. The Hall–Kier alpha value is -2.69. The third kappa shape index (κ3) is 6.31. The van der Waals surface area contributed by atoms with Gasteiger partial charge in [0.2, 0.25) is 0 Å². The van der Waals surface area contributed by atoms with Crippen LogP contribution in [0.4, 0.5) is 4.79 Å². The summed E-state index contributed by atoms with van der Waals surface area (Å²) in [6.45, 7) is 5.95. The Bertz CT molecular complexity index is 695. The molecule has 140 valence electrons. The van der Waals surface area contributed by atoms with Crippen LogP contribution in [-0.4, -0.2) is 25.3 Å². The summed E-state index contributed by atoms with van der Waals surface area (Å²) in [6, 6.07) is 17.4. The summed E-state index contributed by atoms with van der Waals surface area (Å²) < 4.78 is 16.8. The Morgan fingerprint density at radius 2 is 1.62 bits per heavy atom. The van der Waals surface area contributed by atoms with Gasteiger partial charge in [-0.25, -0.2) is 4.79 Å². The molecular weight excluding hydrogens is 330 g/mol. The normalized spacial score (nSPS) is 12.2. The van der Waals surface area contributed by atoms with E-state index in [1.165, 1.54) is 0 Å². The summed E-state index contributed by atoms with van der Waals surface area (Å²) in [7, 11) is 1.61. The van der Waals surface area contributed by atoms with Crippen molar-refractivity contribution in [3.63, 3.8) is 0 Å². The van der Waals surface area contributed by atoms with E-state index in [1.807, 2.05) is 75.4 Å². The molecule has 0 aromatic heterocycles. The van der Waals surface area contributed by atoms with Gasteiger partial charge in [0.15, 0.2) is 11.5 Å². The van der Waals surface area contributed by atoms with Gasteiger partial charge in [0, 0.05) is 13.0 Å². The van der Waals surface area contributed by atoms with Crippen molar-refractivity contribution in [1.29, 1.82) is 0 Å². The van der Waals surface area contributed by atoms with Crippen LogP contribution < -0.4 is 14.8 Å². The molecule has 5 nitrogen and oxygen atoms in total. The van der Waals surface area contributed by atoms with Crippen molar-refractivity contribution < 1.29 is 19.0 Å². The Morgan fingerprint density at radius 1 is 1.00 bits per heavy atom. The number of alkyl carbamates (subject to hydrolysis) is 1. The van der Waals surface area contributed by atoms with Crippen molar-refractivity contribution in [1.82, 2.24) is 5.32 Å². The summed E-state index contributed by atoms with van der Waals surface area (Å²) in [6.07, 6.45) is -0.0505. The van der Waals surface area contributed by atoms with E-state index in [2.05, 4.69) is 5.32 Å². The van der Waals surface area contributed by atoms with Crippen molar-refractivity contribution in [2.75, 3.05) is 13.7 Å². The lowest BCUT2D eigenvalue weighted by Gasteiger charge is -2.22. The van der Waals surface area contributed by atoms with Gasteiger partial charge in [-0.3, -0.25) is 0 Å². The van der Waals surface area contributed by atoms with Crippen LogP contribution >= 0.6 is 0 Å². The van der Waals surface area contributed by atoms with Crippen molar-refractivity contribution >= 4 is 6.09 Å². The van der Waals surface area contributed by atoms with E-state index in [9.17, 15) is 4.79 Å². The summed E-state index contributed by atoms with van der Waals surface area (Å²) >= 11 is 0. The lowest BCUT2D eigenvalue weighted by molar-refractivity contribution is 0.0520. The van der Waals surface area contributed by atoms with E-state index in [-0.39, 0.29) is 6.10 Å². The van der Waals surface area contributed by atoms with Crippen LogP contribution in [0, 0.1) is 0 Å². The highest BCUT2D eigenvalue weighted by atomic mass is 16.6. The summed E-state index contributed by atoms with van der Waals surface area (Å²) in [5.74, 6) is 1.34. The molecule has 0 spiro atoms. The number of benzene rings is 2. The first kappa shape index (κ1) is 19.6. The average Bonchev–Trinajstić information content (AvgIpc) is 2.60. The molecule has 0 heterocycles. The highest BCUT2D eigenvalue weighted by molar-refractivity contribution is 5.67. The molecule has 0 aliphatic carbocycles. The van der Waals surface area contributed by atoms with E-state index < -0.39 is 11.7 Å². The fourth-order valence-electron chi connectivity index (χ4n) is 2.45. The van der Waals surface area contributed by atoms with Crippen molar-refractivity contribution in [2.24, 2.45) is 0 Å². The average molecular weight is 357 g/mol. The van der Waals surface area contributed by atoms with E-state index in [4.69, 9.17) is 14.2 Å². The number of nitrogens with one attached hydrogen (secondary N) is 1. The number of methoxy groups -OCH3 is 1. The van der Waals surface area contributed by atoms with Crippen LogP contribution in [0.2, 0.25) is 0 Å². The van der Waals surface area contributed by atoms with Gasteiger partial charge in [0.25, 0.3) is 0 Å². The molecule has 2 aromatic rings. The standard InChI is InChI=1S/C21H27NO4/c1-21(2,3)26-20(23)22-15-14-17(16-10-6-5-7-11-16)25-19-13-9-8-12-18(19)24-4/h5-13,17H,14-15H2,1-4H3,(H,22,23)/t17-/m1/s1. The van der Waals surface area contributed by atoms with E-state index in [0.717, 1.165) is 5.56 Å². The van der Waals surface area contributed by atoms with Crippen LogP contribution in [0.1, 0.15) is 38.9 Å². The highest BCUT2D eigenvalue weighted by Gasteiger charge is 2.18. The molecule has 5 heteroatoms. The quantitative estimate of drug-likeness (QED) is 0.778. The molecule has 1 N–H and O–H groups in total. The minimum atomic E-state index is -0.517. The number of amides is 1. The topological polar surface area (TPSA) is 56.8 Å². The fraction of sp³-hybridized carbons (Fsp3) is 0.381. The van der Waals surface area contributed by atoms with Crippen molar-refractivity contribution in [3.8, 4) is 11.5 Å². The second kappa shape index (κ2) is 9.13. The predicted molar refractivity (Wildman–Crippen MR) is 102 cm³/mol. The first-order valence-electron chi connectivity index (χ1n) is 8.70. The fourth-order valence-corrected chi connectivity index (χ4v) is 2.45. The van der Waals surface area contributed by atoms with Gasteiger partial charge in [-0.1, -0.05) is 42.5 Å². The maximum absolute atomic E-state index is 11.8. The molecule has 26 heavy (non-hydrogen) atoms. The van der Waals surface area contributed by atoms with Gasteiger partial charge in [-0.15, -0.1) is 0 Å². The Kier molecular flexibility index (Phi) is 6.89. The lowest BCUT2D eigenvalue weighted by atomic mass is 10.1. The summed E-state index contributed by atoms with van der Waals surface area (Å²) in [5, 5.41) is 2.78. The second-order valence-electron chi connectivity index (χ2n) is 6.89. The molecule has 0 radical (unpaired) electrons. The Morgan fingerprint density at radius 3 is 2.23 bits per heavy atom. The number of hydrogen-bond donors (Lipinski definition) is 1. The molecule has 0 saturated heterocycles. The van der Waals surface area contributed by atoms with Gasteiger partial charge in [0.05, 0.1) is 7.11 Å². The third-order valence-electron chi connectivity index (χ3n) is 3.58. The largest absolute Gasteiger partial charge is 0.493 e. The van der Waals surface area contributed by atoms with Crippen LogP contribution in [0.5, 0.6) is 11.5 Å². The second-order valence-corrected chi connectivity index (χ2v) is 6.89. The minimum absolute atomic E-state index is 0.220. The molecular formula is C21H27NO4. The number of ether oxygens (including phenoxy) is 3. The monoisotopic (exact) mass is 357 g/mol. The highest BCUT2D eigenvalue weighted by Crippen LogP contribution is 2.32. The first-order valence-corrected chi connectivity index (χ1v) is 8.70. The molecule has 0 saturated carbocycles. The smallest absolute Gasteiger partial charge is 0.407 e. The molecule has 1 amide bonds. The number of carbonyl (C=O) groups is 1. The number of rotatable bonds is 7. The molecule has 0 unspecified atom stereocenters. The van der Waals surface area contributed by atoms with Gasteiger partial charge in [0.1, 0.15) is 11.7 Å². The number of hydrogen-bond acceptors (Lipinski definition) is 4. The maximum Gasteiger partial charge on any atom is 0.407 e. The summed E-state index contributed by atoms with van der Waals surface area (Å²) in [5.41, 5.74) is 0.515. The molecule has 2 rings (SSSR count). The molecule has 1 atom stereocenters. The molecule has 2 aromatic carbocycles. The van der Waals surface area contributed by atoms with Gasteiger partial charge >= 0.3 is 6.09 Å². The van der Waals surface area contributed by atoms with Crippen molar-refractivity contribution in [2.45, 2.75) is 38.9 Å². The molecule has 0 aliphatic rings. The Labute approximate surface area is 155 Å². The zero-order chi connectivity index (χ0) is 19.0. The van der Waals surface area contributed by atoms with Crippen LogP contribution in [-0.2, 0) is 4.74 Å². The van der Waals surface area contributed by atoms with E-state index in [0.29, 0.717) is 24.5 Å². The lowest BCUT2D eigenvalue weighted by Crippen LogP contribution is -2.33. The molecule has 0 fully saturated rings. The molecule has 0 bridgehead atoms. The van der Waals surface area contributed by atoms with Crippen LogP contribution in [0.25, 0.3) is 0 Å². The molecule has 0 aliphatic heterocycles. The zero-order valence-corrected chi connectivity index (χ0v) is 15.8. The SMILES string of the molecule is COc1ccccc1O[C@H](CCNC(=O)OC(C)(C)C)c1ccccc1. The zero-order valence-electron chi connectivity index (χ0n) is 15.8. The van der Waals surface area contributed by atoms with Crippen LogP contribution in [0.3, 0.4) is 0 Å². The van der Waals surface area contributed by atoms with Gasteiger partial charge < -0.3 is 19.5 Å². The predicted octanol–water partition coefficient (Wildman–Crippen LogP) is 4.73. The van der Waals surface area contributed by atoms with E-state index in [1.54, 1.807) is 7.11 Å². The number of para-hydroxylation sites is 2. The van der Waals surface area contributed by atoms with Crippen LogP contribution in [0.15, 0.2) is 54.6 Å². The van der Waals surface area contributed by atoms with Gasteiger partial charge in [-0.05, 0) is 38.5 Å². The van der Waals surface area contributed by atoms with E-state index >= 15 is 0 Å². The number of carbonyl (C=O) groups excluding carboxylic acids is 1. The van der Waals surface area contributed by atoms with Gasteiger partial charge in [-0.2, -0.15) is 0 Å². The summed E-state index contributed by atoms with van der Waals surface area (Å²) in [4.78, 5) is 11.8. The Balaban J connectivity index is 2.04.